The van der Waals surface area contributed by atoms with Gasteiger partial charge in [0.2, 0.25) is 0 Å². The Bertz CT molecular complexity index is 860. The van der Waals surface area contributed by atoms with Gasteiger partial charge in [0.25, 0.3) is 0 Å². The molecule has 5 atom stereocenters. The minimum atomic E-state index is -1.40. The van der Waals surface area contributed by atoms with Crippen LogP contribution >= 0.6 is 23.7 Å². The number of aliphatic hydroxyl groups is 4. The average Bonchev–Trinajstić information content (AvgIpc) is 3.20. The zero-order chi connectivity index (χ0) is 24.0. The molecule has 0 saturated carbocycles. The van der Waals surface area contributed by atoms with Crippen molar-refractivity contribution in [2.45, 2.75) is 56.5 Å². The van der Waals surface area contributed by atoms with Gasteiger partial charge >= 0.3 is 0 Å². The van der Waals surface area contributed by atoms with Crippen LogP contribution in [0.15, 0.2) is 23.6 Å². The van der Waals surface area contributed by atoms with Crippen LogP contribution in [0.5, 0.6) is 0 Å². The number of alkyl halides is 1. The predicted octanol–water partition coefficient (Wildman–Crippen LogP) is 2.29. The van der Waals surface area contributed by atoms with Gasteiger partial charge in [0.05, 0.1) is 31.1 Å². The molecule has 0 aliphatic carbocycles. The number of aromatic nitrogens is 1. The van der Waals surface area contributed by atoms with Gasteiger partial charge in [0.1, 0.15) is 35.0 Å². The molecule has 1 fully saturated rings. The molecule has 2 aromatic rings. The molecule has 1 aliphatic rings. The van der Waals surface area contributed by atoms with E-state index in [0.717, 1.165) is 6.07 Å². The second-order valence-electron chi connectivity index (χ2n) is 8.29. The monoisotopic (exact) mass is 526 g/mol. The van der Waals surface area contributed by atoms with Crippen molar-refractivity contribution < 1.29 is 38.3 Å². The van der Waals surface area contributed by atoms with Crippen molar-refractivity contribution in [1.82, 2.24) is 9.88 Å². The molecule has 1 aromatic carbocycles. The van der Waals surface area contributed by atoms with Crippen LogP contribution in [-0.4, -0.2) is 87.1 Å². The third-order valence-corrected chi connectivity index (χ3v) is 6.42. The van der Waals surface area contributed by atoms with Gasteiger partial charge in [-0.2, -0.15) is 0 Å². The molecular weight excluding hydrogens is 497 g/mol. The standard InChI is InChI=1S/C22H29F3N2O5S.ClH/c23-14(3-1-2-4-27-8-18(28)20(30)21(31)19(29)9-27)10-32-11-17-12-33-22(26-17)13-5-15(24)7-16(25)6-13;/h5-7,12,14,18-21,28-31H,1-4,8-11H2;1H/t14-,18-,19-,20+,21+;/m0./s1. The fraction of sp³-hybridized carbons (Fsp3) is 0.591. The molecule has 0 amide bonds. The van der Waals surface area contributed by atoms with Crippen molar-refractivity contribution >= 4 is 23.7 Å². The van der Waals surface area contributed by atoms with Gasteiger partial charge in [-0.05, 0) is 37.9 Å². The van der Waals surface area contributed by atoms with E-state index < -0.39 is 42.2 Å². The van der Waals surface area contributed by atoms with Crippen molar-refractivity contribution in [3.63, 3.8) is 0 Å². The van der Waals surface area contributed by atoms with Crippen LogP contribution < -0.4 is 0 Å². The lowest BCUT2D eigenvalue weighted by Crippen LogP contribution is -2.43. The number of thiazole rings is 1. The quantitative estimate of drug-likeness (QED) is 0.352. The van der Waals surface area contributed by atoms with Gasteiger partial charge in [0.15, 0.2) is 0 Å². The molecule has 12 heteroatoms. The Morgan fingerprint density at radius 2 is 1.65 bits per heavy atom. The Morgan fingerprint density at radius 1 is 1.03 bits per heavy atom. The Morgan fingerprint density at radius 3 is 2.26 bits per heavy atom. The SMILES string of the molecule is Cl.O[C@H]1[C@H](O)[C@@H](O)CN(CCCC[C@H](F)COCc2csc(-c3cc(F)cc(F)c3)n2)C[C@@H]1O. The molecular formula is C22H30ClF3N2O5S. The Balaban J connectivity index is 0.00000408. The third-order valence-electron chi connectivity index (χ3n) is 5.48. The second kappa shape index (κ2) is 13.7. The molecule has 1 saturated heterocycles. The number of rotatable bonds is 10. The molecule has 4 N–H and O–H groups in total. The molecule has 3 rings (SSSR count). The molecule has 0 radical (unpaired) electrons. The van der Waals surface area contributed by atoms with Crippen LogP contribution in [0.2, 0.25) is 0 Å². The summed E-state index contributed by atoms with van der Waals surface area (Å²) >= 11 is 1.22. The van der Waals surface area contributed by atoms with Gasteiger partial charge < -0.3 is 25.2 Å². The average molecular weight is 527 g/mol. The number of aliphatic hydroxyl groups excluding tert-OH is 4. The maximum atomic E-state index is 14.1. The summed E-state index contributed by atoms with van der Waals surface area (Å²) in [5.41, 5.74) is 0.884. The van der Waals surface area contributed by atoms with Crippen LogP contribution in [0, 0.1) is 11.6 Å². The van der Waals surface area contributed by atoms with E-state index in [9.17, 15) is 33.6 Å². The molecule has 1 aromatic heterocycles. The highest BCUT2D eigenvalue weighted by Gasteiger charge is 2.35. The minimum absolute atomic E-state index is 0. The highest BCUT2D eigenvalue weighted by atomic mass is 35.5. The van der Waals surface area contributed by atoms with E-state index in [1.807, 2.05) is 0 Å². The van der Waals surface area contributed by atoms with Gasteiger partial charge in [0, 0.05) is 30.1 Å². The number of benzene rings is 1. The zero-order valence-electron chi connectivity index (χ0n) is 18.4. The maximum Gasteiger partial charge on any atom is 0.126 e. The largest absolute Gasteiger partial charge is 0.389 e. The van der Waals surface area contributed by atoms with E-state index in [2.05, 4.69) is 4.98 Å². The Labute approximate surface area is 206 Å². The summed E-state index contributed by atoms with van der Waals surface area (Å²) in [7, 11) is 0. The highest BCUT2D eigenvalue weighted by molar-refractivity contribution is 7.13. The van der Waals surface area contributed by atoms with E-state index in [0.29, 0.717) is 35.7 Å². The van der Waals surface area contributed by atoms with Crippen LogP contribution in [-0.2, 0) is 11.3 Å². The van der Waals surface area contributed by atoms with Crippen LogP contribution in [0.1, 0.15) is 25.0 Å². The summed E-state index contributed by atoms with van der Waals surface area (Å²) in [6.07, 6.45) is -4.85. The van der Waals surface area contributed by atoms with E-state index in [1.165, 1.54) is 23.5 Å². The molecule has 192 valence electrons. The number of nitrogens with zero attached hydrogens (tertiary/aromatic N) is 2. The van der Waals surface area contributed by atoms with Crippen molar-refractivity contribution in [2.75, 3.05) is 26.2 Å². The smallest absolute Gasteiger partial charge is 0.126 e. The molecule has 7 nitrogen and oxygen atoms in total. The van der Waals surface area contributed by atoms with Crippen LogP contribution in [0.3, 0.4) is 0 Å². The first-order chi connectivity index (χ1) is 15.7. The van der Waals surface area contributed by atoms with Gasteiger partial charge in [-0.3, -0.25) is 4.90 Å². The Kier molecular flexibility index (Phi) is 11.6. The van der Waals surface area contributed by atoms with E-state index in [-0.39, 0.29) is 45.1 Å². The number of hydrogen-bond acceptors (Lipinski definition) is 8. The summed E-state index contributed by atoms with van der Waals surface area (Å²) in [6, 6.07) is 3.18. The van der Waals surface area contributed by atoms with Crippen LogP contribution in [0.4, 0.5) is 13.2 Å². The molecule has 1 aliphatic heterocycles. The summed E-state index contributed by atoms with van der Waals surface area (Å²) in [4.78, 5) is 6.01. The number of likely N-dealkylation sites (tertiary alicyclic amines) is 1. The van der Waals surface area contributed by atoms with Crippen molar-refractivity contribution in [2.24, 2.45) is 0 Å². The summed E-state index contributed by atoms with van der Waals surface area (Å²) < 4.78 is 46.2. The maximum absolute atomic E-state index is 14.1. The summed E-state index contributed by atoms with van der Waals surface area (Å²) in [5, 5.41) is 41.3. The molecule has 34 heavy (non-hydrogen) atoms. The molecule has 0 bridgehead atoms. The van der Waals surface area contributed by atoms with Crippen molar-refractivity contribution in [3.05, 3.63) is 40.9 Å². The van der Waals surface area contributed by atoms with E-state index in [4.69, 9.17) is 4.74 Å². The van der Waals surface area contributed by atoms with Gasteiger partial charge in [-0.1, -0.05) is 0 Å². The summed E-state index contributed by atoms with van der Waals surface area (Å²) in [5.74, 6) is -1.37. The van der Waals surface area contributed by atoms with Crippen molar-refractivity contribution in [3.8, 4) is 10.6 Å². The molecule has 0 spiro atoms. The predicted molar refractivity (Wildman–Crippen MR) is 124 cm³/mol. The normalized spacial score (nSPS) is 24.4. The number of hydrogen-bond donors (Lipinski definition) is 4. The second-order valence-corrected chi connectivity index (χ2v) is 9.14. The fourth-order valence-corrected chi connectivity index (χ4v) is 4.51. The lowest BCUT2D eigenvalue weighted by molar-refractivity contribution is -0.0894. The van der Waals surface area contributed by atoms with Crippen molar-refractivity contribution in [1.29, 1.82) is 0 Å². The third kappa shape index (κ3) is 8.42. The fourth-order valence-electron chi connectivity index (χ4n) is 3.72. The summed E-state index contributed by atoms with van der Waals surface area (Å²) in [6.45, 7) is 0.706. The molecule has 0 unspecified atom stereocenters. The minimum Gasteiger partial charge on any atom is -0.389 e. The lowest BCUT2D eigenvalue weighted by atomic mass is 10.1. The van der Waals surface area contributed by atoms with Gasteiger partial charge in [-0.15, -0.1) is 23.7 Å². The number of β-amino-alcohol motifs (C(OH)–C–C–N with tert-alkyl or cyclic N) is 2. The first kappa shape index (κ1) is 28.9. The zero-order valence-corrected chi connectivity index (χ0v) is 20.0. The van der Waals surface area contributed by atoms with Gasteiger partial charge in [-0.25, -0.2) is 18.2 Å². The number of unbranched alkanes of at least 4 members (excludes halogenated alkanes) is 1. The van der Waals surface area contributed by atoms with E-state index in [1.54, 1.807) is 10.3 Å². The highest BCUT2D eigenvalue weighted by Crippen LogP contribution is 2.25. The lowest BCUT2D eigenvalue weighted by Gasteiger charge is -2.23. The topological polar surface area (TPSA) is 106 Å². The number of halogens is 4. The van der Waals surface area contributed by atoms with Crippen LogP contribution in [0.25, 0.3) is 10.6 Å². The Hall–Kier alpha value is -1.31. The van der Waals surface area contributed by atoms with E-state index >= 15 is 0 Å². The molecule has 2 heterocycles. The number of ether oxygens (including phenoxy) is 1. The first-order valence-electron chi connectivity index (χ1n) is 10.8. The first-order valence-corrected chi connectivity index (χ1v) is 11.7.